The van der Waals surface area contributed by atoms with Gasteiger partial charge in [0.2, 0.25) is 0 Å². The van der Waals surface area contributed by atoms with Crippen LogP contribution >= 0.6 is 0 Å². The van der Waals surface area contributed by atoms with Crippen LogP contribution < -0.4 is 0 Å². The van der Waals surface area contributed by atoms with Crippen molar-refractivity contribution in [3.63, 3.8) is 0 Å². The lowest BCUT2D eigenvalue weighted by Gasteiger charge is -2.06. The highest BCUT2D eigenvalue weighted by molar-refractivity contribution is 5.81. The molecule has 0 aliphatic rings. The molecule has 3 rings (SSSR count). The average Bonchev–Trinajstić information content (AvgIpc) is 2.81. The summed E-state index contributed by atoms with van der Waals surface area (Å²) in [6.45, 7) is 2.86. The Kier molecular flexibility index (Phi) is 3.08. The van der Waals surface area contributed by atoms with E-state index in [-0.39, 0.29) is 5.82 Å². The minimum absolute atomic E-state index is 0.178. The number of benzene rings is 2. The Labute approximate surface area is 112 Å². The molecule has 0 atom stereocenters. The van der Waals surface area contributed by atoms with E-state index in [9.17, 15) is 4.39 Å². The topological polar surface area (TPSA) is 4.93 Å². The summed E-state index contributed by atoms with van der Waals surface area (Å²) in [6, 6.07) is 15.4. The van der Waals surface area contributed by atoms with Crippen molar-refractivity contribution in [1.29, 1.82) is 0 Å². The Morgan fingerprint density at radius 2 is 1.89 bits per heavy atom. The van der Waals surface area contributed by atoms with Crippen LogP contribution in [-0.4, -0.2) is 4.57 Å². The monoisotopic (exact) mass is 253 g/mol. The van der Waals surface area contributed by atoms with Crippen LogP contribution in [0.25, 0.3) is 10.9 Å². The first kappa shape index (κ1) is 12.0. The Morgan fingerprint density at radius 1 is 1.00 bits per heavy atom. The number of hydrogen-bond donors (Lipinski definition) is 0. The third kappa shape index (κ3) is 2.39. The van der Waals surface area contributed by atoms with E-state index in [0.717, 1.165) is 12.0 Å². The number of hydrogen-bond acceptors (Lipinski definition) is 0. The first-order valence-corrected chi connectivity index (χ1v) is 6.58. The lowest BCUT2D eigenvalue weighted by molar-refractivity contribution is 0.624. The number of halogens is 1. The highest BCUT2D eigenvalue weighted by Gasteiger charge is 2.03. The van der Waals surface area contributed by atoms with Gasteiger partial charge in [0.1, 0.15) is 5.82 Å². The van der Waals surface area contributed by atoms with Gasteiger partial charge in [-0.2, -0.15) is 0 Å². The predicted molar refractivity (Wildman–Crippen MR) is 76.8 cm³/mol. The van der Waals surface area contributed by atoms with Gasteiger partial charge in [-0.15, -0.1) is 0 Å². The summed E-state index contributed by atoms with van der Waals surface area (Å²) >= 11 is 0. The summed E-state index contributed by atoms with van der Waals surface area (Å²) in [4.78, 5) is 0. The van der Waals surface area contributed by atoms with Crippen molar-refractivity contribution in [3.8, 4) is 0 Å². The first-order valence-electron chi connectivity index (χ1n) is 6.58. The second-order valence-corrected chi connectivity index (χ2v) is 4.82. The number of aryl methyl sites for hydroxylation is 1. The number of aromatic nitrogens is 1. The molecule has 0 aliphatic heterocycles. The van der Waals surface area contributed by atoms with E-state index in [2.05, 4.69) is 42.0 Å². The van der Waals surface area contributed by atoms with Crippen LogP contribution in [0, 0.1) is 5.82 Å². The highest BCUT2D eigenvalue weighted by Crippen LogP contribution is 2.19. The van der Waals surface area contributed by atoms with Gasteiger partial charge in [-0.3, -0.25) is 0 Å². The number of rotatable bonds is 3. The Morgan fingerprint density at radius 3 is 2.68 bits per heavy atom. The second-order valence-electron chi connectivity index (χ2n) is 4.82. The number of nitrogens with zero attached hydrogens (tertiary/aromatic N) is 1. The average molecular weight is 253 g/mol. The predicted octanol–water partition coefficient (Wildman–Crippen LogP) is 4.39. The summed E-state index contributed by atoms with van der Waals surface area (Å²) in [5.74, 6) is -0.178. The summed E-state index contributed by atoms with van der Waals surface area (Å²) in [7, 11) is 0. The van der Waals surface area contributed by atoms with Crippen molar-refractivity contribution in [2.75, 3.05) is 0 Å². The maximum absolute atomic E-state index is 13.2. The highest BCUT2D eigenvalue weighted by atomic mass is 19.1. The molecule has 2 heteroatoms. The van der Waals surface area contributed by atoms with E-state index in [4.69, 9.17) is 0 Å². The molecule has 0 saturated carbocycles. The van der Waals surface area contributed by atoms with Gasteiger partial charge in [-0.05, 0) is 53.3 Å². The minimum atomic E-state index is -0.178. The van der Waals surface area contributed by atoms with Gasteiger partial charge in [-0.25, -0.2) is 4.39 Å². The van der Waals surface area contributed by atoms with Crippen LogP contribution in [0.2, 0.25) is 0 Å². The van der Waals surface area contributed by atoms with Gasteiger partial charge in [-0.1, -0.05) is 25.1 Å². The van der Waals surface area contributed by atoms with E-state index < -0.39 is 0 Å². The van der Waals surface area contributed by atoms with Crippen molar-refractivity contribution in [2.24, 2.45) is 0 Å². The molecule has 0 N–H and O–H groups in total. The second kappa shape index (κ2) is 4.88. The van der Waals surface area contributed by atoms with Crippen LogP contribution in [0.1, 0.15) is 18.1 Å². The molecule has 1 nitrogen and oxygen atoms in total. The lowest BCUT2D eigenvalue weighted by atomic mass is 10.1. The summed E-state index contributed by atoms with van der Waals surface area (Å²) in [5.41, 5.74) is 3.52. The van der Waals surface area contributed by atoms with Crippen LogP contribution in [0.4, 0.5) is 4.39 Å². The smallest absolute Gasteiger partial charge is 0.123 e. The molecule has 96 valence electrons. The van der Waals surface area contributed by atoms with Gasteiger partial charge < -0.3 is 4.57 Å². The quantitative estimate of drug-likeness (QED) is 0.652. The molecule has 0 radical (unpaired) electrons. The zero-order chi connectivity index (χ0) is 13.2. The molecular weight excluding hydrogens is 237 g/mol. The molecule has 0 unspecified atom stereocenters. The van der Waals surface area contributed by atoms with Gasteiger partial charge in [0, 0.05) is 18.3 Å². The Hall–Kier alpha value is -2.09. The molecule has 3 aromatic rings. The van der Waals surface area contributed by atoms with Crippen molar-refractivity contribution in [2.45, 2.75) is 19.9 Å². The fourth-order valence-electron chi connectivity index (χ4n) is 2.44. The van der Waals surface area contributed by atoms with Crippen LogP contribution in [0.15, 0.2) is 54.7 Å². The Bertz CT molecular complexity index is 712. The first-order chi connectivity index (χ1) is 9.26. The van der Waals surface area contributed by atoms with Crippen molar-refractivity contribution in [1.82, 2.24) is 4.57 Å². The Balaban J connectivity index is 1.97. The van der Waals surface area contributed by atoms with Gasteiger partial charge in [0.25, 0.3) is 0 Å². The van der Waals surface area contributed by atoms with Gasteiger partial charge >= 0.3 is 0 Å². The third-order valence-electron chi connectivity index (χ3n) is 3.49. The summed E-state index contributed by atoms with van der Waals surface area (Å²) in [6.07, 6.45) is 3.11. The molecule has 0 amide bonds. The van der Waals surface area contributed by atoms with Crippen LogP contribution in [0.5, 0.6) is 0 Å². The standard InChI is InChI=1S/C17H16FN/c1-2-13-6-7-17-15(10-13)8-9-19(17)12-14-4-3-5-16(18)11-14/h3-11H,2,12H2,1H3. The molecule has 0 aliphatic carbocycles. The molecule has 0 saturated heterocycles. The molecule has 0 spiro atoms. The van der Waals surface area contributed by atoms with E-state index in [1.807, 2.05) is 6.07 Å². The maximum Gasteiger partial charge on any atom is 0.123 e. The lowest BCUT2D eigenvalue weighted by Crippen LogP contribution is -1.98. The van der Waals surface area contributed by atoms with Crippen molar-refractivity contribution < 1.29 is 4.39 Å². The van der Waals surface area contributed by atoms with Crippen molar-refractivity contribution >= 4 is 10.9 Å². The third-order valence-corrected chi connectivity index (χ3v) is 3.49. The zero-order valence-corrected chi connectivity index (χ0v) is 10.9. The van der Waals surface area contributed by atoms with E-state index in [1.165, 1.54) is 22.5 Å². The SMILES string of the molecule is CCc1ccc2c(ccn2Cc2cccc(F)c2)c1. The number of fused-ring (bicyclic) bond motifs is 1. The summed E-state index contributed by atoms with van der Waals surface area (Å²) in [5, 5.41) is 1.25. The maximum atomic E-state index is 13.2. The largest absolute Gasteiger partial charge is 0.343 e. The zero-order valence-electron chi connectivity index (χ0n) is 10.9. The fourth-order valence-corrected chi connectivity index (χ4v) is 2.44. The molecular formula is C17H16FN. The van der Waals surface area contributed by atoms with Gasteiger partial charge in [0.15, 0.2) is 0 Å². The van der Waals surface area contributed by atoms with E-state index in [0.29, 0.717) is 6.54 Å². The van der Waals surface area contributed by atoms with E-state index >= 15 is 0 Å². The molecule has 0 fully saturated rings. The summed E-state index contributed by atoms with van der Waals surface area (Å²) < 4.78 is 15.4. The van der Waals surface area contributed by atoms with E-state index in [1.54, 1.807) is 12.1 Å². The van der Waals surface area contributed by atoms with Crippen LogP contribution in [0.3, 0.4) is 0 Å². The fraction of sp³-hybridized carbons (Fsp3) is 0.176. The molecule has 1 heterocycles. The normalized spacial score (nSPS) is 11.1. The molecule has 1 aromatic heterocycles. The van der Waals surface area contributed by atoms with Crippen molar-refractivity contribution in [3.05, 3.63) is 71.7 Å². The van der Waals surface area contributed by atoms with Gasteiger partial charge in [0.05, 0.1) is 0 Å². The minimum Gasteiger partial charge on any atom is -0.343 e. The molecule has 2 aromatic carbocycles. The molecule has 0 bridgehead atoms. The molecule has 19 heavy (non-hydrogen) atoms. The van der Waals surface area contributed by atoms with Crippen LogP contribution in [-0.2, 0) is 13.0 Å².